The van der Waals surface area contributed by atoms with Gasteiger partial charge in [-0.25, -0.2) is 8.42 Å². The minimum Gasteiger partial charge on any atom is -0.353 e. The molecule has 23 heavy (non-hydrogen) atoms. The van der Waals surface area contributed by atoms with Crippen molar-refractivity contribution in [1.82, 2.24) is 9.62 Å². The maximum atomic E-state index is 12.7. The number of carbonyl (C=O) groups excluding carboxylic acids is 1. The SMILES string of the molecule is CC[C@H](C)NC(=O)[C@@H]1CCCN(S(=O)(=O)c2ccc(C)cc2)C1. The number of sulfonamides is 1. The van der Waals surface area contributed by atoms with E-state index in [1.165, 1.54) is 4.31 Å². The van der Waals surface area contributed by atoms with Crippen LogP contribution in [0.25, 0.3) is 0 Å². The highest BCUT2D eigenvalue weighted by molar-refractivity contribution is 7.89. The minimum absolute atomic E-state index is 0.0387. The Balaban J connectivity index is 2.11. The molecule has 1 heterocycles. The fourth-order valence-electron chi connectivity index (χ4n) is 2.70. The Labute approximate surface area is 139 Å². The quantitative estimate of drug-likeness (QED) is 0.896. The van der Waals surface area contributed by atoms with E-state index in [4.69, 9.17) is 0 Å². The Kier molecular flexibility index (Phi) is 5.81. The molecule has 0 radical (unpaired) electrons. The number of rotatable bonds is 5. The van der Waals surface area contributed by atoms with Crippen LogP contribution in [0.1, 0.15) is 38.7 Å². The van der Waals surface area contributed by atoms with Crippen LogP contribution in [0, 0.1) is 12.8 Å². The number of aryl methyl sites for hydroxylation is 1. The number of nitrogens with zero attached hydrogens (tertiary/aromatic N) is 1. The second-order valence-corrected chi connectivity index (χ2v) is 8.27. The monoisotopic (exact) mass is 338 g/mol. The van der Waals surface area contributed by atoms with Gasteiger partial charge in [-0.3, -0.25) is 4.79 Å². The third-order valence-corrected chi connectivity index (χ3v) is 6.29. The molecule has 1 aliphatic rings. The normalized spacial score (nSPS) is 20.9. The predicted molar refractivity (Wildman–Crippen MR) is 90.6 cm³/mol. The molecule has 1 N–H and O–H groups in total. The van der Waals surface area contributed by atoms with E-state index in [0.29, 0.717) is 17.9 Å². The fraction of sp³-hybridized carbons (Fsp3) is 0.588. The van der Waals surface area contributed by atoms with Crippen LogP contribution < -0.4 is 5.32 Å². The van der Waals surface area contributed by atoms with E-state index in [1.807, 2.05) is 20.8 Å². The summed E-state index contributed by atoms with van der Waals surface area (Å²) in [5, 5.41) is 2.96. The number of hydrogen-bond acceptors (Lipinski definition) is 3. The Hall–Kier alpha value is -1.40. The van der Waals surface area contributed by atoms with Crippen LogP contribution in [0.3, 0.4) is 0 Å². The smallest absolute Gasteiger partial charge is 0.243 e. The average molecular weight is 338 g/mol. The molecule has 0 aromatic heterocycles. The molecule has 0 spiro atoms. The van der Waals surface area contributed by atoms with Crippen molar-refractivity contribution in [2.24, 2.45) is 5.92 Å². The van der Waals surface area contributed by atoms with Gasteiger partial charge < -0.3 is 5.32 Å². The van der Waals surface area contributed by atoms with Gasteiger partial charge in [0, 0.05) is 19.1 Å². The lowest BCUT2D eigenvalue weighted by atomic mass is 9.98. The van der Waals surface area contributed by atoms with Gasteiger partial charge in [0.05, 0.1) is 10.8 Å². The minimum atomic E-state index is -3.53. The summed E-state index contributed by atoms with van der Waals surface area (Å²) >= 11 is 0. The van der Waals surface area contributed by atoms with Crippen molar-refractivity contribution in [1.29, 1.82) is 0 Å². The molecule has 1 amide bonds. The zero-order valence-corrected chi connectivity index (χ0v) is 14.9. The topological polar surface area (TPSA) is 66.5 Å². The first-order valence-corrected chi connectivity index (χ1v) is 9.65. The van der Waals surface area contributed by atoms with Crippen LogP contribution in [-0.2, 0) is 14.8 Å². The molecule has 0 unspecified atom stereocenters. The molecule has 0 bridgehead atoms. The van der Waals surface area contributed by atoms with Gasteiger partial charge in [0.2, 0.25) is 15.9 Å². The summed E-state index contributed by atoms with van der Waals surface area (Å²) in [5.41, 5.74) is 1.02. The molecule has 1 aromatic rings. The molecule has 1 aliphatic heterocycles. The number of nitrogens with one attached hydrogen (secondary N) is 1. The van der Waals surface area contributed by atoms with Gasteiger partial charge in [-0.1, -0.05) is 24.6 Å². The number of amides is 1. The van der Waals surface area contributed by atoms with Crippen molar-refractivity contribution in [3.8, 4) is 0 Å². The van der Waals surface area contributed by atoms with Gasteiger partial charge in [0.25, 0.3) is 0 Å². The summed E-state index contributed by atoms with van der Waals surface area (Å²) in [6, 6.07) is 6.97. The molecule has 128 valence electrons. The van der Waals surface area contributed by atoms with Crippen molar-refractivity contribution in [3.05, 3.63) is 29.8 Å². The van der Waals surface area contributed by atoms with Gasteiger partial charge in [-0.05, 0) is 45.2 Å². The molecule has 6 heteroatoms. The number of carbonyl (C=O) groups is 1. The molecular weight excluding hydrogens is 312 g/mol. The predicted octanol–water partition coefficient (Wildman–Crippen LogP) is 2.31. The van der Waals surface area contributed by atoms with Crippen molar-refractivity contribution in [2.75, 3.05) is 13.1 Å². The molecule has 0 saturated carbocycles. The van der Waals surface area contributed by atoms with Gasteiger partial charge in [-0.15, -0.1) is 0 Å². The van der Waals surface area contributed by atoms with Gasteiger partial charge >= 0.3 is 0 Å². The van der Waals surface area contributed by atoms with Crippen LogP contribution in [0.2, 0.25) is 0 Å². The Morgan fingerprint density at radius 3 is 2.61 bits per heavy atom. The highest BCUT2D eigenvalue weighted by atomic mass is 32.2. The second-order valence-electron chi connectivity index (χ2n) is 6.33. The van der Waals surface area contributed by atoms with Gasteiger partial charge in [-0.2, -0.15) is 4.31 Å². The van der Waals surface area contributed by atoms with Crippen molar-refractivity contribution >= 4 is 15.9 Å². The molecule has 2 atom stereocenters. The number of piperidine rings is 1. The summed E-state index contributed by atoms with van der Waals surface area (Å²) < 4.78 is 26.9. The fourth-order valence-corrected chi connectivity index (χ4v) is 4.22. The Morgan fingerprint density at radius 2 is 2.00 bits per heavy atom. The zero-order valence-electron chi connectivity index (χ0n) is 14.1. The van der Waals surface area contributed by atoms with Crippen molar-refractivity contribution in [3.63, 3.8) is 0 Å². The van der Waals surface area contributed by atoms with Gasteiger partial charge in [0.1, 0.15) is 0 Å². The summed E-state index contributed by atoms with van der Waals surface area (Å²) in [6.45, 7) is 6.63. The average Bonchev–Trinajstić information content (AvgIpc) is 2.55. The molecule has 1 saturated heterocycles. The van der Waals surface area contributed by atoms with E-state index in [2.05, 4.69) is 5.32 Å². The first-order chi connectivity index (χ1) is 10.8. The molecule has 1 fully saturated rings. The van der Waals surface area contributed by atoms with Crippen LogP contribution in [0.5, 0.6) is 0 Å². The van der Waals surface area contributed by atoms with Crippen LogP contribution in [0.15, 0.2) is 29.2 Å². The van der Waals surface area contributed by atoms with Crippen LogP contribution >= 0.6 is 0 Å². The number of benzene rings is 1. The second kappa shape index (κ2) is 7.45. The van der Waals surface area contributed by atoms with Gasteiger partial charge in [0.15, 0.2) is 0 Å². The van der Waals surface area contributed by atoms with Crippen molar-refractivity contribution < 1.29 is 13.2 Å². The van der Waals surface area contributed by atoms with E-state index in [1.54, 1.807) is 24.3 Å². The van der Waals surface area contributed by atoms with E-state index in [0.717, 1.165) is 18.4 Å². The highest BCUT2D eigenvalue weighted by Gasteiger charge is 2.33. The van der Waals surface area contributed by atoms with Crippen LogP contribution in [0.4, 0.5) is 0 Å². The molecule has 2 rings (SSSR count). The zero-order chi connectivity index (χ0) is 17.0. The van der Waals surface area contributed by atoms with E-state index < -0.39 is 10.0 Å². The standard InChI is InChI=1S/C17H26N2O3S/c1-4-14(3)18-17(20)15-6-5-11-19(12-15)23(21,22)16-9-7-13(2)8-10-16/h7-10,14-15H,4-6,11-12H2,1-3H3,(H,18,20)/t14-,15+/m0/s1. The number of hydrogen-bond donors (Lipinski definition) is 1. The summed E-state index contributed by atoms with van der Waals surface area (Å²) in [4.78, 5) is 12.6. The molecule has 5 nitrogen and oxygen atoms in total. The van der Waals surface area contributed by atoms with E-state index >= 15 is 0 Å². The maximum Gasteiger partial charge on any atom is 0.243 e. The lowest BCUT2D eigenvalue weighted by Crippen LogP contribution is -2.46. The first kappa shape index (κ1) is 17.9. The lowest BCUT2D eigenvalue weighted by molar-refractivity contribution is -0.126. The van der Waals surface area contributed by atoms with Crippen molar-refractivity contribution in [2.45, 2.75) is 51.0 Å². The summed E-state index contributed by atoms with van der Waals surface area (Å²) in [6.07, 6.45) is 2.32. The first-order valence-electron chi connectivity index (χ1n) is 8.21. The summed E-state index contributed by atoms with van der Waals surface area (Å²) in [7, 11) is -3.53. The third kappa shape index (κ3) is 4.32. The summed E-state index contributed by atoms with van der Waals surface area (Å²) in [5.74, 6) is -0.305. The largest absolute Gasteiger partial charge is 0.353 e. The molecule has 1 aromatic carbocycles. The molecule has 0 aliphatic carbocycles. The highest BCUT2D eigenvalue weighted by Crippen LogP contribution is 2.24. The maximum absolute atomic E-state index is 12.7. The Morgan fingerprint density at radius 1 is 1.35 bits per heavy atom. The molecular formula is C17H26N2O3S. The van der Waals surface area contributed by atoms with Crippen LogP contribution in [-0.4, -0.2) is 37.8 Å². The third-order valence-electron chi connectivity index (χ3n) is 4.41. The lowest BCUT2D eigenvalue weighted by Gasteiger charge is -2.31. The van der Waals surface area contributed by atoms with E-state index in [-0.39, 0.29) is 24.4 Å². The Bertz CT molecular complexity index is 640. The van der Waals surface area contributed by atoms with E-state index in [9.17, 15) is 13.2 Å².